The molecule has 0 radical (unpaired) electrons. The van der Waals surface area contributed by atoms with Crippen LogP contribution >= 0.6 is 0 Å². The van der Waals surface area contributed by atoms with Gasteiger partial charge < -0.3 is 10.9 Å². The van der Waals surface area contributed by atoms with Gasteiger partial charge >= 0.3 is 0 Å². The highest BCUT2D eigenvalue weighted by atomic mass is 16.4. The van der Waals surface area contributed by atoms with Crippen molar-refractivity contribution in [1.29, 1.82) is 0 Å². The van der Waals surface area contributed by atoms with Gasteiger partial charge in [-0.1, -0.05) is 18.0 Å². The highest BCUT2D eigenvalue weighted by Crippen LogP contribution is 2.24. The molecule has 0 aliphatic heterocycles. The average molecular weight is 128 g/mol. The van der Waals surface area contributed by atoms with Crippen LogP contribution in [0.2, 0.25) is 0 Å². The molecule has 0 bridgehead atoms. The van der Waals surface area contributed by atoms with E-state index in [1.165, 1.54) is 12.8 Å². The lowest BCUT2D eigenvalue weighted by Gasteiger charge is -2.03. The molecule has 1 saturated carbocycles. The molecular weight excluding hydrogens is 116 g/mol. The number of hydrogen-bond donors (Lipinski definition) is 2. The number of nitrogens with zero attached hydrogens (tertiary/aromatic N) is 1. The van der Waals surface area contributed by atoms with Crippen LogP contribution in [0.15, 0.2) is 5.16 Å². The first-order valence-electron chi connectivity index (χ1n) is 3.32. The second-order valence-corrected chi connectivity index (χ2v) is 2.51. The molecule has 9 heavy (non-hydrogen) atoms. The van der Waals surface area contributed by atoms with Gasteiger partial charge in [-0.3, -0.25) is 0 Å². The van der Waals surface area contributed by atoms with Gasteiger partial charge in [0.1, 0.15) is 5.84 Å². The topological polar surface area (TPSA) is 58.6 Å². The molecule has 0 atom stereocenters. The van der Waals surface area contributed by atoms with E-state index in [-0.39, 0.29) is 0 Å². The Balaban J connectivity index is 2.42. The Labute approximate surface area is 54.5 Å². The molecule has 1 aliphatic rings. The van der Waals surface area contributed by atoms with Gasteiger partial charge in [-0.2, -0.15) is 0 Å². The highest BCUT2D eigenvalue weighted by molar-refractivity contribution is 5.82. The maximum atomic E-state index is 8.26. The normalized spacial score (nSPS) is 22.9. The van der Waals surface area contributed by atoms with Gasteiger partial charge in [-0.05, 0) is 12.8 Å². The number of rotatable bonds is 1. The Morgan fingerprint density at radius 2 is 2.00 bits per heavy atom. The predicted molar refractivity (Wildman–Crippen MR) is 35.4 cm³/mol. The Hall–Kier alpha value is -0.730. The molecule has 52 valence electrons. The molecule has 0 heterocycles. The lowest BCUT2D eigenvalue weighted by atomic mass is 10.1. The summed E-state index contributed by atoms with van der Waals surface area (Å²) in [6.45, 7) is 0. The van der Waals surface area contributed by atoms with Gasteiger partial charge in [0, 0.05) is 5.92 Å². The number of oxime groups is 1. The van der Waals surface area contributed by atoms with Crippen molar-refractivity contribution in [3.63, 3.8) is 0 Å². The fourth-order valence-corrected chi connectivity index (χ4v) is 1.30. The quantitative estimate of drug-likeness (QED) is 0.239. The second kappa shape index (κ2) is 2.71. The first-order valence-corrected chi connectivity index (χ1v) is 3.32. The second-order valence-electron chi connectivity index (χ2n) is 2.51. The molecule has 0 unspecified atom stereocenters. The van der Waals surface area contributed by atoms with E-state index in [1.807, 2.05) is 0 Å². The van der Waals surface area contributed by atoms with Crippen LogP contribution in [0.5, 0.6) is 0 Å². The van der Waals surface area contributed by atoms with Crippen LogP contribution in [0.25, 0.3) is 0 Å². The van der Waals surface area contributed by atoms with E-state index in [9.17, 15) is 0 Å². The van der Waals surface area contributed by atoms with E-state index in [4.69, 9.17) is 10.9 Å². The molecule has 0 aromatic heterocycles. The molecule has 0 aromatic carbocycles. The summed E-state index contributed by atoms with van der Waals surface area (Å²) in [7, 11) is 0. The molecule has 0 amide bonds. The van der Waals surface area contributed by atoms with Crippen molar-refractivity contribution in [1.82, 2.24) is 0 Å². The van der Waals surface area contributed by atoms with Crippen molar-refractivity contribution >= 4 is 5.84 Å². The van der Waals surface area contributed by atoms with Crippen LogP contribution in [0, 0.1) is 5.92 Å². The zero-order valence-electron chi connectivity index (χ0n) is 5.38. The van der Waals surface area contributed by atoms with E-state index in [0.717, 1.165) is 12.8 Å². The first-order chi connectivity index (χ1) is 4.34. The summed E-state index contributed by atoms with van der Waals surface area (Å²) in [4.78, 5) is 0. The number of hydrogen-bond acceptors (Lipinski definition) is 2. The average Bonchev–Trinajstić information content (AvgIpc) is 2.37. The Bertz CT molecular complexity index is 116. The van der Waals surface area contributed by atoms with Crippen molar-refractivity contribution in [3.8, 4) is 0 Å². The van der Waals surface area contributed by atoms with Crippen molar-refractivity contribution in [2.45, 2.75) is 25.7 Å². The fraction of sp³-hybridized carbons (Fsp3) is 0.833. The van der Waals surface area contributed by atoms with E-state index < -0.39 is 0 Å². The van der Waals surface area contributed by atoms with Crippen molar-refractivity contribution in [2.75, 3.05) is 0 Å². The Morgan fingerprint density at radius 1 is 1.44 bits per heavy atom. The standard InChI is InChI=1S/C6H12N2O/c7-6(8-9)5-3-1-2-4-5/h5,9H,1-4H2,(H2,7,8). The van der Waals surface area contributed by atoms with Crippen molar-refractivity contribution < 1.29 is 5.21 Å². The molecular formula is C6H12N2O. The first kappa shape index (κ1) is 6.39. The van der Waals surface area contributed by atoms with Gasteiger partial charge in [0.25, 0.3) is 0 Å². The van der Waals surface area contributed by atoms with Gasteiger partial charge in [0.2, 0.25) is 0 Å². The Morgan fingerprint density at radius 3 is 2.44 bits per heavy atom. The number of amidine groups is 1. The monoisotopic (exact) mass is 128 g/mol. The van der Waals surface area contributed by atoms with E-state index in [2.05, 4.69) is 5.16 Å². The third-order valence-corrected chi connectivity index (χ3v) is 1.89. The highest BCUT2D eigenvalue weighted by Gasteiger charge is 2.18. The zero-order valence-corrected chi connectivity index (χ0v) is 5.38. The molecule has 3 nitrogen and oxygen atoms in total. The molecule has 1 fully saturated rings. The van der Waals surface area contributed by atoms with Crippen LogP contribution in [0.3, 0.4) is 0 Å². The molecule has 0 spiro atoms. The Kier molecular flexibility index (Phi) is 1.92. The zero-order chi connectivity index (χ0) is 6.69. The summed E-state index contributed by atoms with van der Waals surface area (Å²) >= 11 is 0. The maximum Gasteiger partial charge on any atom is 0.142 e. The summed E-state index contributed by atoms with van der Waals surface area (Å²) in [6, 6.07) is 0. The smallest absolute Gasteiger partial charge is 0.142 e. The summed E-state index contributed by atoms with van der Waals surface area (Å²) in [5.74, 6) is 0.766. The van der Waals surface area contributed by atoms with Gasteiger partial charge in [0.05, 0.1) is 0 Å². The largest absolute Gasteiger partial charge is 0.409 e. The molecule has 0 saturated heterocycles. The lowest BCUT2D eigenvalue weighted by molar-refractivity contribution is 0.314. The summed E-state index contributed by atoms with van der Waals surface area (Å²) < 4.78 is 0. The molecule has 3 heteroatoms. The van der Waals surface area contributed by atoms with Crippen LogP contribution in [0.4, 0.5) is 0 Å². The van der Waals surface area contributed by atoms with E-state index in [1.54, 1.807) is 0 Å². The molecule has 3 N–H and O–H groups in total. The lowest BCUT2D eigenvalue weighted by Crippen LogP contribution is -2.20. The maximum absolute atomic E-state index is 8.26. The van der Waals surface area contributed by atoms with Crippen molar-refractivity contribution in [2.24, 2.45) is 16.8 Å². The van der Waals surface area contributed by atoms with Gasteiger partial charge in [-0.25, -0.2) is 0 Å². The fourth-order valence-electron chi connectivity index (χ4n) is 1.30. The van der Waals surface area contributed by atoms with E-state index >= 15 is 0 Å². The third kappa shape index (κ3) is 1.34. The summed E-state index contributed by atoms with van der Waals surface area (Å²) in [6.07, 6.45) is 4.63. The summed E-state index contributed by atoms with van der Waals surface area (Å²) in [5.41, 5.74) is 5.38. The van der Waals surface area contributed by atoms with Crippen LogP contribution in [0.1, 0.15) is 25.7 Å². The number of nitrogens with two attached hydrogens (primary N) is 1. The van der Waals surface area contributed by atoms with Crippen molar-refractivity contribution in [3.05, 3.63) is 0 Å². The minimum absolute atomic E-state index is 0.356. The SMILES string of the molecule is NC(=NO)C1CCCC1. The van der Waals surface area contributed by atoms with E-state index in [0.29, 0.717) is 11.8 Å². The van der Waals surface area contributed by atoms with Crippen LogP contribution in [-0.4, -0.2) is 11.0 Å². The van der Waals surface area contributed by atoms with Crippen LogP contribution < -0.4 is 5.73 Å². The minimum Gasteiger partial charge on any atom is -0.409 e. The summed E-state index contributed by atoms with van der Waals surface area (Å²) in [5, 5.41) is 11.2. The third-order valence-electron chi connectivity index (χ3n) is 1.89. The molecule has 0 aromatic rings. The minimum atomic E-state index is 0.356. The molecule has 1 aliphatic carbocycles. The molecule has 1 rings (SSSR count). The van der Waals surface area contributed by atoms with Gasteiger partial charge in [0.15, 0.2) is 0 Å². The predicted octanol–water partition coefficient (Wildman–Crippen LogP) is 0.923. The van der Waals surface area contributed by atoms with Crippen LogP contribution in [-0.2, 0) is 0 Å². The van der Waals surface area contributed by atoms with Gasteiger partial charge in [-0.15, -0.1) is 0 Å².